The number of likely N-dealkylation sites (N-methyl/N-ethyl adjacent to an activating group) is 1. The number of aromatic nitrogens is 1. The number of rotatable bonds is 15. The Bertz CT molecular complexity index is 1520. The molecule has 0 N–H and O–H groups in total. The number of hydrogen-bond donors (Lipinski definition) is 0. The van der Waals surface area contributed by atoms with Gasteiger partial charge in [0.15, 0.2) is 11.6 Å². The highest BCUT2D eigenvalue weighted by Crippen LogP contribution is 2.25. The lowest BCUT2D eigenvalue weighted by atomic mass is 10.1. The highest BCUT2D eigenvalue weighted by Gasteiger charge is 2.17. The summed E-state index contributed by atoms with van der Waals surface area (Å²) < 4.78 is 30.2. The first-order valence-electron chi connectivity index (χ1n) is 16.0. The third-order valence-electron chi connectivity index (χ3n) is 8.19. The van der Waals surface area contributed by atoms with E-state index in [1.165, 1.54) is 11.4 Å². The first-order chi connectivity index (χ1) is 22.2. The lowest BCUT2D eigenvalue weighted by Gasteiger charge is -2.29. The zero-order valence-electron chi connectivity index (χ0n) is 27.9. The summed E-state index contributed by atoms with van der Waals surface area (Å²) in [5.74, 6) is 1.70. The molecule has 244 valence electrons. The Morgan fingerprint density at radius 2 is 1.30 bits per heavy atom. The molecule has 0 amide bonds. The summed E-state index contributed by atoms with van der Waals surface area (Å²) in [6.07, 6.45) is 11.7. The molecule has 46 heavy (non-hydrogen) atoms. The quantitative estimate of drug-likeness (QED) is 0.0529. The van der Waals surface area contributed by atoms with Crippen LogP contribution in [-0.4, -0.2) is 56.2 Å². The van der Waals surface area contributed by atoms with Gasteiger partial charge in [-0.2, -0.15) is 8.96 Å². The topological polar surface area (TPSA) is 13.6 Å². The summed E-state index contributed by atoms with van der Waals surface area (Å²) >= 11 is 0. The van der Waals surface area contributed by atoms with E-state index in [2.05, 4.69) is 78.5 Å². The van der Waals surface area contributed by atoms with Gasteiger partial charge in [-0.1, -0.05) is 76.2 Å². The van der Waals surface area contributed by atoms with E-state index in [9.17, 15) is 8.78 Å². The Labute approximate surface area is 282 Å². The van der Waals surface area contributed by atoms with Crippen LogP contribution in [0.1, 0.15) is 43.2 Å². The number of nitrogens with zero attached hydrogens (tertiary/aromatic N) is 4. The van der Waals surface area contributed by atoms with Gasteiger partial charge in [-0.3, -0.25) is 0 Å². The average Bonchev–Trinajstić information content (AvgIpc) is 3.04. The summed E-state index contributed by atoms with van der Waals surface area (Å²) in [4.78, 5) is 6.31. The fraction of sp³-hybridized carbons (Fsp3) is 0.342. The molecule has 8 heteroatoms. The van der Waals surface area contributed by atoms with Gasteiger partial charge in [0.25, 0.3) is 0 Å². The van der Waals surface area contributed by atoms with Crippen LogP contribution in [-0.2, 0) is 6.54 Å². The van der Waals surface area contributed by atoms with Crippen molar-refractivity contribution in [3.05, 3.63) is 119 Å². The van der Waals surface area contributed by atoms with Crippen LogP contribution in [0.2, 0.25) is 0 Å². The first-order valence-corrected chi connectivity index (χ1v) is 18.5. The van der Waals surface area contributed by atoms with E-state index in [1.54, 1.807) is 21.6 Å². The fourth-order valence-corrected chi connectivity index (χ4v) is 7.49. The molecule has 1 atom stereocenters. The van der Waals surface area contributed by atoms with Crippen LogP contribution in [0.5, 0.6) is 0 Å². The van der Waals surface area contributed by atoms with Crippen molar-refractivity contribution >= 4 is 51.2 Å². The number of hydrogen-bond acceptors (Lipinski definition) is 5. The van der Waals surface area contributed by atoms with Crippen LogP contribution in [0.15, 0.2) is 90.4 Å². The minimum Gasteiger partial charge on any atom is -0.374 e. The van der Waals surface area contributed by atoms with Crippen molar-refractivity contribution in [3.63, 3.8) is 0 Å². The van der Waals surface area contributed by atoms with Gasteiger partial charge < -0.3 is 14.7 Å². The fourth-order valence-electron chi connectivity index (χ4n) is 5.40. The van der Waals surface area contributed by atoms with Crippen LogP contribution >= 0.6 is 21.6 Å². The van der Waals surface area contributed by atoms with Crippen molar-refractivity contribution in [2.24, 2.45) is 0 Å². The van der Waals surface area contributed by atoms with Gasteiger partial charge >= 0.3 is 5.95 Å². The van der Waals surface area contributed by atoms with Crippen LogP contribution in [0, 0.1) is 12.9 Å². The normalized spacial score (nSPS) is 15.0. The summed E-state index contributed by atoms with van der Waals surface area (Å²) in [7, 11) is 8.07. The third kappa shape index (κ3) is 10.0. The molecular weight excluding hydrogens is 615 g/mol. The highest BCUT2D eigenvalue weighted by molar-refractivity contribution is 8.76. The molecule has 0 saturated heterocycles. The minimum atomic E-state index is -0.207. The van der Waals surface area contributed by atoms with Gasteiger partial charge in [0.1, 0.15) is 6.54 Å². The molecule has 4 rings (SSSR count). The summed E-state index contributed by atoms with van der Waals surface area (Å²) in [6, 6.07) is 20.6. The lowest BCUT2D eigenvalue weighted by Crippen LogP contribution is -2.40. The summed E-state index contributed by atoms with van der Waals surface area (Å²) in [6.45, 7) is 11.1. The molecule has 1 aromatic heterocycles. The molecule has 2 heterocycles. The lowest BCUT2D eigenvalue weighted by molar-refractivity contribution is -0.726. The number of pyridine rings is 1. The van der Waals surface area contributed by atoms with Crippen molar-refractivity contribution in [1.29, 1.82) is 0 Å². The molecule has 1 unspecified atom stereocenters. The molecule has 1 aliphatic heterocycles. The minimum absolute atomic E-state index is 0.0579. The number of anilines is 2. The Balaban J connectivity index is 1.14. The Morgan fingerprint density at radius 1 is 0.783 bits per heavy atom. The van der Waals surface area contributed by atoms with Crippen molar-refractivity contribution in [2.45, 2.75) is 40.3 Å². The number of halogens is 2. The molecule has 1 aliphatic rings. The van der Waals surface area contributed by atoms with E-state index < -0.39 is 0 Å². The van der Waals surface area contributed by atoms with Crippen molar-refractivity contribution in [1.82, 2.24) is 4.90 Å². The van der Waals surface area contributed by atoms with E-state index in [0.29, 0.717) is 13.1 Å². The maximum Gasteiger partial charge on any atom is 0.360 e. The predicted octanol–water partition coefficient (Wildman–Crippen LogP) is 9.04. The molecule has 0 radical (unpaired) electrons. The van der Waals surface area contributed by atoms with Gasteiger partial charge in [0.05, 0.1) is 0 Å². The number of aryl methyl sites for hydroxylation is 1. The standard InChI is InChI=1S/C38H47F2N4S2/c1-7-43-29(3)25-33(27-37(43)39)11-9-31-13-17-35(18-14-31)41(5)21-23-45-46-24-22-42(6)36-19-15-32(16-20-36)10-12-34-26-30(4)44(8-2)38(40)28-34/h9-20,25-29H,7-8,21-24H2,1-6H3/q+1/b11-9+. The molecular formula is C38H47F2N4S2+. The Kier molecular flexibility index (Phi) is 13.4. The Morgan fingerprint density at radius 3 is 1.78 bits per heavy atom. The Hall–Kier alpha value is -3.49. The zero-order chi connectivity index (χ0) is 33.1. The van der Waals surface area contributed by atoms with Crippen molar-refractivity contribution < 1.29 is 13.3 Å². The second-order valence-corrected chi connectivity index (χ2v) is 14.2. The molecule has 2 aromatic carbocycles. The van der Waals surface area contributed by atoms with Gasteiger partial charge in [-0.25, -0.2) is 0 Å². The molecule has 0 bridgehead atoms. The predicted molar refractivity (Wildman–Crippen MR) is 198 cm³/mol. The van der Waals surface area contributed by atoms with Crippen molar-refractivity contribution in [2.75, 3.05) is 55.0 Å². The summed E-state index contributed by atoms with van der Waals surface area (Å²) in [5, 5.41) is 0. The third-order valence-corrected chi connectivity index (χ3v) is 10.6. The van der Waals surface area contributed by atoms with E-state index >= 15 is 0 Å². The van der Waals surface area contributed by atoms with Crippen LogP contribution < -0.4 is 14.4 Å². The monoisotopic (exact) mass is 661 g/mol. The molecule has 0 aliphatic carbocycles. The molecule has 0 saturated carbocycles. The second-order valence-electron chi connectivity index (χ2n) is 11.5. The van der Waals surface area contributed by atoms with Crippen LogP contribution in [0.4, 0.5) is 20.2 Å². The molecule has 3 aromatic rings. The number of benzene rings is 2. The maximum atomic E-state index is 14.3. The largest absolute Gasteiger partial charge is 0.374 e. The van der Waals surface area contributed by atoms with Gasteiger partial charge in [-0.05, 0) is 73.4 Å². The number of allylic oxidation sites excluding steroid dienone is 3. The summed E-state index contributed by atoms with van der Waals surface area (Å²) in [5.41, 5.74) is 7.25. The van der Waals surface area contributed by atoms with E-state index in [0.717, 1.165) is 52.6 Å². The van der Waals surface area contributed by atoms with E-state index in [4.69, 9.17) is 0 Å². The maximum absolute atomic E-state index is 14.3. The smallest absolute Gasteiger partial charge is 0.360 e. The highest BCUT2D eigenvalue weighted by atomic mass is 33.1. The molecule has 0 fully saturated rings. The SMILES string of the molecule is CCN1C(F)=CC(/C=C/c2ccc(N(C)CCSSCCN(C)c3ccc(/C=C/c4cc(C)[n+](CC)c(F)c4)cc3)cc2)=CC1C. The second kappa shape index (κ2) is 17.4. The first kappa shape index (κ1) is 35.4. The van der Waals surface area contributed by atoms with Crippen LogP contribution in [0.3, 0.4) is 0 Å². The van der Waals surface area contributed by atoms with Gasteiger partial charge in [0.2, 0.25) is 0 Å². The van der Waals surface area contributed by atoms with Crippen LogP contribution in [0.25, 0.3) is 18.2 Å². The van der Waals surface area contributed by atoms with E-state index in [1.807, 2.05) is 79.7 Å². The van der Waals surface area contributed by atoms with Crippen molar-refractivity contribution in [3.8, 4) is 0 Å². The van der Waals surface area contributed by atoms with Gasteiger partial charge in [0, 0.05) is 81.7 Å². The molecule has 4 nitrogen and oxygen atoms in total. The van der Waals surface area contributed by atoms with Gasteiger partial charge in [-0.15, -0.1) is 4.39 Å². The van der Waals surface area contributed by atoms with E-state index in [-0.39, 0.29) is 17.9 Å². The average molecular weight is 662 g/mol. The zero-order valence-corrected chi connectivity index (χ0v) is 29.6. The molecule has 0 spiro atoms.